The lowest BCUT2D eigenvalue weighted by Crippen LogP contribution is -2.50. The lowest BCUT2D eigenvalue weighted by molar-refractivity contribution is -0.142. The standard InChI is InChI=1S/C21H24ClFN2O3/c1-14(2)24-21(27)15(3)25(12-16-8-4-5-9-17(16)22)20(26)13-28-19-11-7-6-10-18(19)23/h4-11,14-15H,12-13H2,1-3H3,(H,24,27)/t15-/m0/s1. The molecule has 2 aromatic rings. The summed E-state index contributed by atoms with van der Waals surface area (Å²) in [6.07, 6.45) is 0. The van der Waals surface area contributed by atoms with E-state index in [0.29, 0.717) is 10.6 Å². The number of nitrogens with one attached hydrogen (secondary N) is 1. The van der Waals surface area contributed by atoms with Gasteiger partial charge in [-0.2, -0.15) is 0 Å². The Labute approximate surface area is 169 Å². The molecule has 0 saturated carbocycles. The van der Waals surface area contributed by atoms with Crippen molar-refractivity contribution in [3.63, 3.8) is 0 Å². The first kappa shape index (κ1) is 21.7. The molecule has 0 spiro atoms. The number of para-hydroxylation sites is 1. The highest BCUT2D eigenvalue weighted by molar-refractivity contribution is 6.31. The number of hydrogen-bond donors (Lipinski definition) is 1. The predicted molar refractivity (Wildman–Crippen MR) is 107 cm³/mol. The van der Waals surface area contributed by atoms with E-state index in [1.807, 2.05) is 13.8 Å². The molecule has 0 unspecified atom stereocenters. The molecule has 28 heavy (non-hydrogen) atoms. The summed E-state index contributed by atoms with van der Waals surface area (Å²) in [4.78, 5) is 26.7. The van der Waals surface area contributed by atoms with Crippen LogP contribution in [0.4, 0.5) is 4.39 Å². The Morgan fingerprint density at radius 3 is 2.39 bits per heavy atom. The first-order valence-electron chi connectivity index (χ1n) is 9.00. The number of rotatable bonds is 8. The van der Waals surface area contributed by atoms with Crippen LogP contribution in [0.1, 0.15) is 26.3 Å². The predicted octanol–water partition coefficient (Wildman–Crippen LogP) is 3.80. The molecule has 0 heterocycles. The van der Waals surface area contributed by atoms with E-state index in [0.717, 1.165) is 0 Å². The summed E-state index contributed by atoms with van der Waals surface area (Å²) >= 11 is 6.22. The molecule has 0 saturated heterocycles. The highest BCUT2D eigenvalue weighted by Crippen LogP contribution is 2.20. The van der Waals surface area contributed by atoms with Crippen molar-refractivity contribution in [1.82, 2.24) is 10.2 Å². The molecular formula is C21H24ClFN2O3. The van der Waals surface area contributed by atoms with Gasteiger partial charge in [0.15, 0.2) is 18.2 Å². The van der Waals surface area contributed by atoms with Gasteiger partial charge >= 0.3 is 0 Å². The molecule has 0 aliphatic carbocycles. The van der Waals surface area contributed by atoms with Crippen molar-refractivity contribution < 1.29 is 18.7 Å². The number of hydrogen-bond acceptors (Lipinski definition) is 3. The fraction of sp³-hybridized carbons (Fsp3) is 0.333. The normalized spacial score (nSPS) is 11.8. The van der Waals surface area contributed by atoms with Crippen molar-refractivity contribution in [2.75, 3.05) is 6.61 Å². The minimum absolute atomic E-state index is 0.0205. The van der Waals surface area contributed by atoms with Crippen LogP contribution in [0.15, 0.2) is 48.5 Å². The minimum Gasteiger partial charge on any atom is -0.481 e. The molecule has 2 rings (SSSR count). The Bertz CT molecular complexity index is 829. The molecular weight excluding hydrogens is 383 g/mol. The van der Waals surface area contributed by atoms with Gasteiger partial charge in [-0.25, -0.2) is 4.39 Å². The van der Waals surface area contributed by atoms with Gasteiger partial charge in [0.1, 0.15) is 6.04 Å². The zero-order chi connectivity index (χ0) is 20.7. The fourth-order valence-electron chi connectivity index (χ4n) is 2.58. The van der Waals surface area contributed by atoms with Crippen molar-refractivity contribution in [3.05, 3.63) is 64.9 Å². The fourth-order valence-corrected chi connectivity index (χ4v) is 2.78. The Hall–Kier alpha value is -2.60. The molecule has 0 aliphatic heterocycles. The Morgan fingerprint density at radius 2 is 1.75 bits per heavy atom. The summed E-state index contributed by atoms with van der Waals surface area (Å²) in [7, 11) is 0. The van der Waals surface area contributed by atoms with Gasteiger partial charge in [0.2, 0.25) is 5.91 Å². The van der Waals surface area contributed by atoms with Crippen LogP contribution in [0.5, 0.6) is 5.75 Å². The van der Waals surface area contributed by atoms with Gasteiger partial charge in [-0.15, -0.1) is 0 Å². The summed E-state index contributed by atoms with van der Waals surface area (Å²) in [5.74, 6) is -1.32. The van der Waals surface area contributed by atoms with Crippen molar-refractivity contribution in [2.45, 2.75) is 39.4 Å². The van der Waals surface area contributed by atoms with E-state index in [4.69, 9.17) is 16.3 Å². The van der Waals surface area contributed by atoms with Gasteiger partial charge < -0.3 is 15.0 Å². The van der Waals surface area contributed by atoms with E-state index < -0.39 is 24.4 Å². The lowest BCUT2D eigenvalue weighted by atomic mass is 10.1. The SMILES string of the molecule is CC(C)NC(=O)[C@H](C)N(Cc1ccccc1Cl)C(=O)COc1ccccc1F. The van der Waals surface area contributed by atoms with Crippen LogP contribution >= 0.6 is 11.6 Å². The first-order chi connectivity index (χ1) is 13.3. The molecule has 2 amide bonds. The van der Waals surface area contributed by atoms with Crippen LogP contribution in [-0.2, 0) is 16.1 Å². The largest absolute Gasteiger partial charge is 0.481 e. The zero-order valence-corrected chi connectivity index (χ0v) is 16.9. The zero-order valence-electron chi connectivity index (χ0n) is 16.1. The number of halogens is 2. The summed E-state index contributed by atoms with van der Waals surface area (Å²) < 4.78 is 19.1. The third-order valence-electron chi connectivity index (χ3n) is 4.08. The van der Waals surface area contributed by atoms with E-state index in [1.165, 1.54) is 23.1 Å². The highest BCUT2D eigenvalue weighted by atomic mass is 35.5. The van der Waals surface area contributed by atoms with Crippen LogP contribution in [0.2, 0.25) is 5.02 Å². The summed E-state index contributed by atoms with van der Waals surface area (Å²) in [6, 6.07) is 12.1. The van der Waals surface area contributed by atoms with Crippen molar-refractivity contribution in [3.8, 4) is 5.75 Å². The molecule has 2 aromatic carbocycles. The molecule has 1 N–H and O–H groups in total. The maximum Gasteiger partial charge on any atom is 0.261 e. The molecule has 0 radical (unpaired) electrons. The van der Waals surface area contributed by atoms with Crippen molar-refractivity contribution >= 4 is 23.4 Å². The number of nitrogens with zero attached hydrogens (tertiary/aromatic N) is 1. The number of carbonyl (C=O) groups excluding carboxylic acids is 2. The third kappa shape index (κ3) is 5.96. The average molecular weight is 407 g/mol. The van der Waals surface area contributed by atoms with Crippen LogP contribution in [0.3, 0.4) is 0 Å². The first-order valence-corrected chi connectivity index (χ1v) is 9.38. The quantitative estimate of drug-likeness (QED) is 0.725. The highest BCUT2D eigenvalue weighted by Gasteiger charge is 2.27. The maximum atomic E-state index is 13.7. The number of carbonyl (C=O) groups is 2. The van der Waals surface area contributed by atoms with Crippen molar-refractivity contribution in [2.24, 2.45) is 0 Å². The Morgan fingerprint density at radius 1 is 1.11 bits per heavy atom. The van der Waals surface area contributed by atoms with Gasteiger partial charge in [0.05, 0.1) is 0 Å². The lowest BCUT2D eigenvalue weighted by Gasteiger charge is -2.29. The van der Waals surface area contributed by atoms with E-state index in [-0.39, 0.29) is 24.2 Å². The summed E-state index contributed by atoms with van der Waals surface area (Å²) in [6.45, 7) is 5.05. The maximum absolute atomic E-state index is 13.7. The van der Waals surface area contributed by atoms with Crippen molar-refractivity contribution in [1.29, 1.82) is 0 Å². The molecule has 0 fully saturated rings. The third-order valence-corrected chi connectivity index (χ3v) is 4.45. The van der Waals surface area contributed by atoms with Crippen LogP contribution in [-0.4, -0.2) is 35.4 Å². The Kier molecular flexibility index (Phi) is 7.81. The van der Waals surface area contributed by atoms with Gasteiger partial charge in [0.25, 0.3) is 5.91 Å². The second-order valence-electron chi connectivity index (χ2n) is 6.67. The van der Waals surface area contributed by atoms with Crippen LogP contribution in [0, 0.1) is 5.82 Å². The smallest absolute Gasteiger partial charge is 0.261 e. The van der Waals surface area contributed by atoms with Gasteiger partial charge in [-0.1, -0.05) is 41.9 Å². The van der Waals surface area contributed by atoms with Crippen LogP contribution in [0.25, 0.3) is 0 Å². The van der Waals surface area contributed by atoms with E-state index in [2.05, 4.69) is 5.32 Å². The second kappa shape index (κ2) is 10.1. The molecule has 1 atom stereocenters. The number of benzene rings is 2. The molecule has 7 heteroatoms. The molecule has 0 aliphatic rings. The van der Waals surface area contributed by atoms with E-state index in [9.17, 15) is 14.0 Å². The number of ether oxygens (including phenoxy) is 1. The Balaban J connectivity index is 2.18. The minimum atomic E-state index is -0.754. The monoisotopic (exact) mass is 406 g/mol. The van der Waals surface area contributed by atoms with Crippen LogP contribution < -0.4 is 10.1 Å². The second-order valence-corrected chi connectivity index (χ2v) is 7.08. The van der Waals surface area contributed by atoms with Gasteiger partial charge in [-0.05, 0) is 44.5 Å². The molecule has 5 nitrogen and oxygen atoms in total. The molecule has 0 aromatic heterocycles. The van der Waals surface area contributed by atoms with E-state index in [1.54, 1.807) is 37.3 Å². The molecule has 0 bridgehead atoms. The summed E-state index contributed by atoms with van der Waals surface area (Å²) in [5, 5.41) is 3.29. The van der Waals surface area contributed by atoms with E-state index >= 15 is 0 Å². The summed E-state index contributed by atoms with van der Waals surface area (Å²) in [5.41, 5.74) is 0.701. The van der Waals surface area contributed by atoms with Gasteiger partial charge in [0, 0.05) is 17.6 Å². The molecule has 150 valence electrons. The van der Waals surface area contributed by atoms with Gasteiger partial charge in [-0.3, -0.25) is 9.59 Å². The topological polar surface area (TPSA) is 58.6 Å². The average Bonchev–Trinajstić information content (AvgIpc) is 2.65. The number of amides is 2.